The van der Waals surface area contributed by atoms with Crippen LogP contribution < -0.4 is 9.47 Å². The molecule has 3 aromatic carbocycles. The Morgan fingerprint density at radius 3 is 2.19 bits per heavy atom. The number of benzene rings is 3. The summed E-state index contributed by atoms with van der Waals surface area (Å²) in [4.78, 5) is 36.2. The lowest BCUT2D eigenvalue weighted by Gasteiger charge is -2.11. The third kappa shape index (κ3) is 5.34. The number of ether oxygens (including phenoxy) is 2. The number of halogens is 1. The van der Waals surface area contributed by atoms with Crippen molar-refractivity contribution in [2.75, 3.05) is 0 Å². The number of carboxylic acids is 1. The molecule has 0 saturated carbocycles. The zero-order chi connectivity index (χ0) is 26.0. The van der Waals surface area contributed by atoms with E-state index < -0.39 is 17.8 Å². The monoisotopic (exact) mass is 504 g/mol. The maximum Gasteiger partial charge on any atom is 0.328 e. The molecule has 0 atom stereocenters. The van der Waals surface area contributed by atoms with E-state index >= 15 is 0 Å². The van der Waals surface area contributed by atoms with E-state index in [0.717, 1.165) is 6.08 Å². The van der Waals surface area contributed by atoms with E-state index in [1.807, 2.05) is 0 Å². The first-order valence-electron chi connectivity index (χ1n) is 10.9. The summed E-state index contributed by atoms with van der Waals surface area (Å²) in [6.45, 7) is 4.66. The Morgan fingerprint density at radius 2 is 1.58 bits per heavy atom. The second-order valence-electron chi connectivity index (χ2n) is 8.10. The second kappa shape index (κ2) is 10.1. The topological polar surface area (TPSA) is 89.9 Å². The molecular formula is C28H21FO6S. The lowest BCUT2D eigenvalue weighted by Crippen LogP contribution is -2.06. The van der Waals surface area contributed by atoms with E-state index in [2.05, 4.69) is 0 Å². The van der Waals surface area contributed by atoms with Gasteiger partial charge in [0.1, 0.15) is 22.2 Å². The Hall–Kier alpha value is -4.30. The number of ketones is 1. The Bertz CT molecular complexity index is 1510. The zero-order valence-corrected chi connectivity index (χ0v) is 20.4. The number of hydrogen-bond acceptors (Lipinski definition) is 6. The van der Waals surface area contributed by atoms with Gasteiger partial charge in [-0.3, -0.25) is 9.59 Å². The molecule has 0 bridgehead atoms. The fraction of sp³-hybridized carbons (Fsp3) is 0.107. The number of rotatable bonds is 7. The number of aliphatic carboxylic acids is 1. The quantitative estimate of drug-likeness (QED) is 0.130. The fourth-order valence-corrected chi connectivity index (χ4v) is 4.95. The number of hydrogen-bond donors (Lipinski definition) is 1. The van der Waals surface area contributed by atoms with E-state index in [1.165, 1.54) is 36.5 Å². The fourth-order valence-electron chi connectivity index (χ4n) is 3.85. The first-order valence-corrected chi connectivity index (χ1v) is 11.7. The molecule has 0 amide bonds. The highest BCUT2D eigenvalue weighted by molar-refractivity contribution is 7.21. The molecule has 182 valence electrons. The normalized spacial score (nSPS) is 11.1. The Balaban J connectivity index is 1.81. The molecule has 0 aliphatic rings. The molecule has 1 N–H and O–H groups in total. The highest BCUT2D eigenvalue weighted by Gasteiger charge is 2.25. The number of carbonyl (C=O) groups is 3. The van der Waals surface area contributed by atoms with Crippen LogP contribution in [0.2, 0.25) is 0 Å². The molecule has 0 spiro atoms. The SMILES string of the molecule is CC(=O)Oc1ccc2c(Oc3ccc(/C=C/C(=O)O)cc3)c(C(=O)c3c(C)cc(F)cc3C)sc2c1. The Labute approximate surface area is 210 Å². The average Bonchev–Trinajstić information content (AvgIpc) is 3.15. The van der Waals surface area contributed by atoms with Crippen LogP contribution in [0.5, 0.6) is 17.2 Å². The maximum absolute atomic E-state index is 13.9. The molecule has 8 heteroatoms. The van der Waals surface area contributed by atoms with Gasteiger partial charge < -0.3 is 14.6 Å². The molecule has 4 aromatic rings. The van der Waals surface area contributed by atoms with Gasteiger partial charge in [-0.1, -0.05) is 12.1 Å². The summed E-state index contributed by atoms with van der Waals surface area (Å²) in [7, 11) is 0. The number of carboxylic acid groups (broad SMARTS) is 1. The van der Waals surface area contributed by atoms with Crippen LogP contribution >= 0.6 is 11.3 Å². The summed E-state index contributed by atoms with van der Waals surface area (Å²) < 4.78 is 25.9. The average molecular weight is 505 g/mol. The van der Waals surface area contributed by atoms with Crippen molar-refractivity contribution >= 4 is 45.2 Å². The minimum atomic E-state index is -1.05. The first-order chi connectivity index (χ1) is 17.1. The van der Waals surface area contributed by atoms with Gasteiger partial charge >= 0.3 is 11.9 Å². The molecule has 0 radical (unpaired) electrons. The van der Waals surface area contributed by atoms with Crippen LogP contribution in [0.25, 0.3) is 16.2 Å². The van der Waals surface area contributed by atoms with E-state index in [9.17, 15) is 18.8 Å². The van der Waals surface area contributed by atoms with Gasteiger partial charge in [-0.2, -0.15) is 0 Å². The predicted octanol–water partition coefficient (Wildman–Crippen LogP) is 6.70. The number of carbonyl (C=O) groups excluding carboxylic acids is 2. The summed E-state index contributed by atoms with van der Waals surface area (Å²) in [6, 6.07) is 14.3. The van der Waals surface area contributed by atoms with Crippen molar-refractivity contribution in [1.82, 2.24) is 0 Å². The molecule has 1 heterocycles. The van der Waals surface area contributed by atoms with Gasteiger partial charge in [-0.05, 0) is 79.1 Å². The molecule has 0 unspecified atom stereocenters. The van der Waals surface area contributed by atoms with Crippen molar-refractivity contribution in [1.29, 1.82) is 0 Å². The van der Waals surface area contributed by atoms with Crippen LogP contribution in [0, 0.1) is 19.7 Å². The summed E-state index contributed by atoms with van der Waals surface area (Å²) in [5.41, 5.74) is 2.08. The van der Waals surface area contributed by atoms with Crippen molar-refractivity contribution in [3.05, 3.63) is 93.6 Å². The van der Waals surface area contributed by atoms with Gasteiger partial charge in [-0.25, -0.2) is 9.18 Å². The zero-order valence-electron chi connectivity index (χ0n) is 19.6. The molecule has 0 aliphatic carbocycles. The Kier molecular flexibility index (Phi) is 6.98. The standard InChI is InChI=1S/C28H21FO6S/c1-15-12-19(29)13-16(2)25(15)26(33)28-27(22-10-9-21(34-17(3)30)14-23(22)36-28)35-20-7-4-18(5-8-20)6-11-24(31)32/h4-14H,1-3H3,(H,31,32)/b11-6+. The van der Waals surface area contributed by atoms with Crippen molar-refractivity contribution in [2.24, 2.45) is 0 Å². The first kappa shape index (κ1) is 24.8. The number of aryl methyl sites for hydroxylation is 2. The van der Waals surface area contributed by atoms with E-state index in [4.69, 9.17) is 14.6 Å². The van der Waals surface area contributed by atoms with Crippen LogP contribution in [-0.4, -0.2) is 22.8 Å². The highest BCUT2D eigenvalue weighted by Crippen LogP contribution is 2.43. The molecule has 6 nitrogen and oxygen atoms in total. The summed E-state index contributed by atoms with van der Waals surface area (Å²) in [5, 5.41) is 9.45. The molecule has 0 aliphatic heterocycles. The van der Waals surface area contributed by atoms with Crippen molar-refractivity contribution in [2.45, 2.75) is 20.8 Å². The number of fused-ring (bicyclic) bond motifs is 1. The number of thiophene rings is 1. The van der Waals surface area contributed by atoms with Gasteiger partial charge in [0.15, 0.2) is 5.75 Å². The predicted molar refractivity (Wildman–Crippen MR) is 136 cm³/mol. The molecular weight excluding hydrogens is 483 g/mol. The molecule has 4 rings (SSSR count). The minimum Gasteiger partial charge on any atom is -0.478 e. The Morgan fingerprint density at radius 1 is 0.944 bits per heavy atom. The third-order valence-electron chi connectivity index (χ3n) is 5.33. The summed E-state index contributed by atoms with van der Waals surface area (Å²) in [6.07, 6.45) is 2.49. The van der Waals surface area contributed by atoms with E-state index in [0.29, 0.717) is 54.5 Å². The largest absolute Gasteiger partial charge is 0.478 e. The van der Waals surface area contributed by atoms with Gasteiger partial charge in [-0.15, -0.1) is 11.3 Å². The number of esters is 1. The van der Waals surface area contributed by atoms with Crippen LogP contribution in [0.3, 0.4) is 0 Å². The summed E-state index contributed by atoms with van der Waals surface area (Å²) >= 11 is 1.19. The minimum absolute atomic E-state index is 0.309. The van der Waals surface area contributed by atoms with Gasteiger partial charge in [0.25, 0.3) is 0 Å². The van der Waals surface area contributed by atoms with Gasteiger partial charge in [0, 0.05) is 28.6 Å². The van der Waals surface area contributed by atoms with Gasteiger partial charge in [0.2, 0.25) is 5.78 Å². The van der Waals surface area contributed by atoms with Crippen LogP contribution in [0.1, 0.15) is 38.8 Å². The van der Waals surface area contributed by atoms with Crippen molar-refractivity contribution in [3.63, 3.8) is 0 Å². The van der Waals surface area contributed by atoms with Crippen molar-refractivity contribution in [3.8, 4) is 17.2 Å². The van der Waals surface area contributed by atoms with E-state index in [-0.39, 0.29) is 5.78 Å². The second-order valence-corrected chi connectivity index (χ2v) is 9.15. The molecule has 0 saturated heterocycles. The van der Waals surface area contributed by atoms with Crippen LogP contribution in [0.15, 0.2) is 60.7 Å². The molecule has 1 aromatic heterocycles. The van der Waals surface area contributed by atoms with E-state index in [1.54, 1.807) is 56.3 Å². The smallest absolute Gasteiger partial charge is 0.328 e. The lowest BCUT2D eigenvalue weighted by molar-refractivity contribution is -0.132. The van der Waals surface area contributed by atoms with Crippen molar-refractivity contribution < 1.29 is 33.4 Å². The lowest BCUT2D eigenvalue weighted by atomic mass is 9.97. The molecule has 0 fully saturated rings. The maximum atomic E-state index is 13.9. The van der Waals surface area contributed by atoms with Crippen LogP contribution in [0.4, 0.5) is 4.39 Å². The molecule has 36 heavy (non-hydrogen) atoms. The van der Waals surface area contributed by atoms with Gasteiger partial charge in [0.05, 0.1) is 0 Å². The summed E-state index contributed by atoms with van der Waals surface area (Å²) in [5.74, 6) is -1.14. The highest BCUT2D eigenvalue weighted by atomic mass is 32.1. The van der Waals surface area contributed by atoms with Crippen LogP contribution in [-0.2, 0) is 9.59 Å². The third-order valence-corrected chi connectivity index (χ3v) is 6.46.